The van der Waals surface area contributed by atoms with E-state index in [2.05, 4.69) is 4.74 Å². The smallest absolute Gasteiger partial charge is 0.389 e. The van der Waals surface area contributed by atoms with E-state index in [0.29, 0.717) is 0 Å². The molecule has 0 fully saturated rings. The lowest BCUT2D eigenvalue weighted by molar-refractivity contribution is -0.318. The van der Waals surface area contributed by atoms with Crippen molar-refractivity contribution >= 4 is 0 Å². The van der Waals surface area contributed by atoms with Crippen LogP contribution in [0.25, 0.3) is 0 Å². The third kappa shape index (κ3) is 5.33. The van der Waals surface area contributed by atoms with Gasteiger partial charge in [0, 0.05) is 6.42 Å². The van der Waals surface area contributed by atoms with Gasteiger partial charge in [0.2, 0.25) is 5.83 Å². The van der Waals surface area contributed by atoms with Crippen molar-refractivity contribution < 1.29 is 57.4 Å². The van der Waals surface area contributed by atoms with Crippen molar-refractivity contribution in [3.63, 3.8) is 0 Å². The molecular weight excluding hydrogens is 388 g/mol. The maximum absolute atomic E-state index is 13.3. The molecule has 0 aromatic heterocycles. The molecule has 0 heterocycles. The third-order valence-corrected chi connectivity index (χ3v) is 2.84. The van der Waals surface area contributed by atoms with Crippen molar-refractivity contribution in [1.82, 2.24) is 0 Å². The van der Waals surface area contributed by atoms with E-state index in [0.717, 1.165) is 6.92 Å². The van der Waals surface area contributed by atoms with Crippen LogP contribution in [-0.4, -0.2) is 36.7 Å². The zero-order chi connectivity index (χ0) is 20.3. The van der Waals surface area contributed by atoms with E-state index in [4.69, 9.17) is 0 Å². The van der Waals surface area contributed by atoms with Gasteiger partial charge in [-0.3, -0.25) is 0 Å². The molecule has 0 saturated carbocycles. The number of allylic oxidation sites excluding steroid dienone is 1. The summed E-state index contributed by atoms with van der Waals surface area (Å²) in [7, 11) is 0. The topological polar surface area (TPSA) is 9.23 Å². The van der Waals surface area contributed by atoms with Gasteiger partial charge in [-0.2, -0.15) is 48.3 Å². The van der Waals surface area contributed by atoms with Crippen molar-refractivity contribution in [2.75, 3.05) is 6.61 Å². The fourth-order valence-corrected chi connectivity index (χ4v) is 1.52. The number of alkyl halides is 10. The lowest BCUT2D eigenvalue weighted by Crippen LogP contribution is -2.58. The molecule has 0 aliphatic heterocycles. The quantitative estimate of drug-likeness (QED) is 0.335. The molecule has 0 bridgehead atoms. The summed E-state index contributed by atoms with van der Waals surface area (Å²) in [4.78, 5) is 0. The van der Waals surface area contributed by atoms with Gasteiger partial charge in [0.1, 0.15) is 0 Å². The van der Waals surface area contributed by atoms with Crippen LogP contribution in [0.1, 0.15) is 26.2 Å². The minimum atomic E-state index is -6.78. The van der Waals surface area contributed by atoms with Gasteiger partial charge in [-0.1, -0.05) is 0 Å². The Bertz CT molecular complexity index is 467. The normalized spacial score (nSPS) is 16.5. The standard InChI is InChI=1S/C12H12F12O/c1-2-25-8(15)7(14)11(21,22)12(23,24)10(19,20)6(13)4-3-5-9(16,17)18/h6H,2-5H2,1H3. The molecule has 25 heavy (non-hydrogen) atoms. The zero-order valence-corrected chi connectivity index (χ0v) is 12.3. The van der Waals surface area contributed by atoms with Gasteiger partial charge in [0.05, 0.1) is 6.61 Å². The van der Waals surface area contributed by atoms with Crippen molar-refractivity contribution in [3.05, 3.63) is 11.8 Å². The Morgan fingerprint density at radius 1 is 0.920 bits per heavy atom. The zero-order valence-electron chi connectivity index (χ0n) is 12.3. The summed E-state index contributed by atoms with van der Waals surface area (Å²) in [6.45, 7) is 0.108. The fourth-order valence-electron chi connectivity index (χ4n) is 1.52. The molecular formula is C12H12F12O. The first-order valence-electron chi connectivity index (χ1n) is 6.55. The van der Waals surface area contributed by atoms with E-state index in [-0.39, 0.29) is 0 Å². The maximum atomic E-state index is 13.3. The highest BCUT2D eigenvalue weighted by atomic mass is 19.4. The predicted octanol–water partition coefficient (Wildman–Crippen LogP) is 6.11. The van der Waals surface area contributed by atoms with Crippen molar-refractivity contribution in [2.24, 2.45) is 0 Å². The number of halogens is 12. The second-order valence-corrected chi connectivity index (χ2v) is 4.77. The minimum absolute atomic E-state index is 0.819. The molecule has 0 aromatic rings. The van der Waals surface area contributed by atoms with Crippen LogP contribution in [0.4, 0.5) is 52.7 Å². The summed E-state index contributed by atoms with van der Waals surface area (Å²) in [5.74, 6) is -23.3. The van der Waals surface area contributed by atoms with Crippen LogP contribution in [0.2, 0.25) is 0 Å². The molecule has 0 aliphatic rings. The molecule has 1 nitrogen and oxygen atoms in total. The van der Waals surface area contributed by atoms with Crippen LogP contribution in [0, 0.1) is 0 Å². The second kappa shape index (κ2) is 7.94. The molecule has 0 N–H and O–H groups in total. The molecule has 1 atom stereocenters. The van der Waals surface area contributed by atoms with E-state index < -0.39 is 67.8 Å². The van der Waals surface area contributed by atoms with Crippen LogP contribution in [0.15, 0.2) is 11.8 Å². The molecule has 150 valence electrons. The highest BCUT2D eigenvalue weighted by molar-refractivity contribution is 5.16. The van der Waals surface area contributed by atoms with Crippen LogP contribution in [0.3, 0.4) is 0 Å². The molecule has 0 rings (SSSR count). The molecule has 0 saturated heterocycles. The molecule has 13 heteroatoms. The Balaban J connectivity index is 5.46. The Labute approximate surface area is 133 Å². The van der Waals surface area contributed by atoms with E-state index in [1.807, 2.05) is 0 Å². The summed E-state index contributed by atoms with van der Waals surface area (Å²) >= 11 is 0. The first kappa shape index (κ1) is 23.7. The Morgan fingerprint density at radius 2 is 1.40 bits per heavy atom. The Kier molecular flexibility index (Phi) is 7.52. The number of hydrogen-bond donors (Lipinski definition) is 0. The summed E-state index contributed by atoms with van der Waals surface area (Å²) in [5.41, 5.74) is 0. The van der Waals surface area contributed by atoms with Crippen molar-refractivity contribution in [1.29, 1.82) is 0 Å². The maximum Gasteiger partial charge on any atom is 0.389 e. The Morgan fingerprint density at radius 3 is 1.80 bits per heavy atom. The average Bonchev–Trinajstić information content (AvgIpc) is 2.44. The first-order valence-corrected chi connectivity index (χ1v) is 6.55. The first-order chi connectivity index (χ1) is 11.0. The predicted molar refractivity (Wildman–Crippen MR) is 60.5 cm³/mol. The summed E-state index contributed by atoms with van der Waals surface area (Å²) in [5, 5.41) is 0. The van der Waals surface area contributed by atoms with Crippen molar-refractivity contribution in [3.8, 4) is 0 Å². The molecule has 0 spiro atoms. The minimum Gasteiger partial charge on any atom is -0.469 e. The van der Waals surface area contributed by atoms with Crippen LogP contribution in [0.5, 0.6) is 0 Å². The van der Waals surface area contributed by atoms with E-state index in [9.17, 15) is 52.7 Å². The van der Waals surface area contributed by atoms with Gasteiger partial charge in [-0.15, -0.1) is 0 Å². The van der Waals surface area contributed by atoms with Crippen molar-refractivity contribution in [2.45, 2.75) is 56.3 Å². The van der Waals surface area contributed by atoms with Gasteiger partial charge in [-0.25, -0.2) is 4.39 Å². The lowest BCUT2D eigenvalue weighted by Gasteiger charge is -2.33. The van der Waals surface area contributed by atoms with E-state index >= 15 is 0 Å². The third-order valence-electron chi connectivity index (χ3n) is 2.84. The summed E-state index contributed by atoms with van der Waals surface area (Å²) < 4.78 is 157. The molecule has 1 unspecified atom stereocenters. The summed E-state index contributed by atoms with van der Waals surface area (Å²) in [6.07, 6.45) is -14.2. The number of hydrogen-bond acceptors (Lipinski definition) is 1. The lowest BCUT2D eigenvalue weighted by atomic mass is 9.96. The van der Waals surface area contributed by atoms with E-state index in [1.165, 1.54) is 0 Å². The largest absolute Gasteiger partial charge is 0.469 e. The second-order valence-electron chi connectivity index (χ2n) is 4.77. The molecule has 0 aliphatic carbocycles. The highest BCUT2D eigenvalue weighted by Crippen LogP contribution is 2.52. The van der Waals surface area contributed by atoms with Crippen LogP contribution in [-0.2, 0) is 4.74 Å². The average molecular weight is 400 g/mol. The number of ether oxygens (including phenoxy) is 1. The number of rotatable bonds is 9. The summed E-state index contributed by atoms with van der Waals surface area (Å²) in [6, 6.07) is -2.91. The SMILES string of the molecule is CCOC(F)=C(F)C(F)(F)C(F)(F)C(F)(F)C(F)CCCC(F)(F)F. The monoisotopic (exact) mass is 400 g/mol. The Hall–Kier alpha value is -1.30. The van der Waals surface area contributed by atoms with Gasteiger partial charge < -0.3 is 4.74 Å². The molecule has 0 aromatic carbocycles. The van der Waals surface area contributed by atoms with Gasteiger partial charge in [0.25, 0.3) is 0 Å². The van der Waals surface area contributed by atoms with Gasteiger partial charge >= 0.3 is 30.0 Å². The van der Waals surface area contributed by atoms with Crippen LogP contribution < -0.4 is 0 Å². The highest BCUT2D eigenvalue weighted by Gasteiger charge is 2.76. The molecule has 0 amide bonds. The van der Waals surface area contributed by atoms with E-state index in [1.54, 1.807) is 0 Å². The van der Waals surface area contributed by atoms with Gasteiger partial charge in [-0.05, 0) is 19.8 Å². The molecule has 0 radical (unpaired) electrons. The van der Waals surface area contributed by atoms with Gasteiger partial charge in [0.15, 0.2) is 6.17 Å². The fraction of sp³-hybridized carbons (Fsp3) is 0.833. The van der Waals surface area contributed by atoms with Crippen LogP contribution >= 0.6 is 0 Å².